The molecule has 6 nitrogen and oxygen atoms in total. The van der Waals surface area contributed by atoms with Gasteiger partial charge in [-0.15, -0.1) is 0 Å². The smallest absolute Gasteiger partial charge is 0.357 e. The molecule has 0 amide bonds. The number of benzene rings is 1. The highest BCUT2D eigenvalue weighted by Crippen LogP contribution is 2.16. The summed E-state index contributed by atoms with van der Waals surface area (Å²) in [6.45, 7) is 0. The van der Waals surface area contributed by atoms with Gasteiger partial charge in [0.2, 0.25) is 0 Å². The van der Waals surface area contributed by atoms with Crippen molar-refractivity contribution in [3.05, 3.63) is 47.8 Å². The Kier molecular flexibility index (Phi) is 3.61. The van der Waals surface area contributed by atoms with Crippen LogP contribution in [0.5, 0.6) is 0 Å². The molecule has 19 heavy (non-hydrogen) atoms. The normalized spacial score (nSPS) is 10.0. The molecular formula is C13H12N2O4. The van der Waals surface area contributed by atoms with Crippen LogP contribution in [0, 0.1) is 0 Å². The van der Waals surface area contributed by atoms with Gasteiger partial charge < -0.3 is 9.47 Å². The van der Waals surface area contributed by atoms with Crippen molar-refractivity contribution in [3.63, 3.8) is 0 Å². The number of rotatable bonds is 3. The average Bonchev–Trinajstić information content (AvgIpc) is 2.91. The highest BCUT2D eigenvalue weighted by Gasteiger charge is 2.25. The van der Waals surface area contributed by atoms with Crippen molar-refractivity contribution in [3.8, 4) is 5.69 Å². The largest absolute Gasteiger partial charge is 0.465 e. The van der Waals surface area contributed by atoms with Crippen molar-refractivity contribution in [2.75, 3.05) is 14.2 Å². The van der Waals surface area contributed by atoms with Crippen LogP contribution in [0.2, 0.25) is 0 Å². The first-order chi connectivity index (χ1) is 9.19. The van der Waals surface area contributed by atoms with Gasteiger partial charge in [0.05, 0.1) is 26.1 Å². The van der Waals surface area contributed by atoms with E-state index in [2.05, 4.69) is 14.6 Å². The van der Waals surface area contributed by atoms with E-state index in [0.717, 1.165) is 0 Å². The Bertz CT molecular complexity index is 604. The predicted molar refractivity (Wildman–Crippen MR) is 66.2 cm³/mol. The van der Waals surface area contributed by atoms with Crippen LogP contribution in [-0.4, -0.2) is 35.9 Å². The topological polar surface area (TPSA) is 70.4 Å². The molecule has 0 spiro atoms. The SMILES string of the molecule is COC(=O)c1cnn(-c2ccccc2)c1C(=O)OC. The standard InChI is InChI=1S/C13H12N2O4/c1-18-12(16)10-8-14-15(11(10)13(17)19-2)9-6-4-3-5-7-9/h3-8H,1-2H3. The third-order valence-corrected chi connectivity index (χ3v) is 2.55. The van der Waals surface area contributed by atoms with Crippen LogP contribution >= 0.6 is 0 Å². The first-order valence-corrected chi connectivity index (χ1v) is 5.49. The molecule has 0 saturated carbocycles. The van der Waals surface area contributed by atoms with E-state index in [0.29, 0.717) is 5.69 Å². The molecule has 0 unspecified atom stereocenters. The van der Waals surface area contributed by atoms with Crippen LogP contribution < -0.4 is 0 Å². The van der Waals surface area contributed by atoms with Crippen molar-refractivity contribution < 1.29 is 19.1 Å². The van der Waals surface area contributed by atoms with Crippen LogP contribution in [0.3, 0.4) is 0 Å². The Hall–Kier alpha value is -2.63. The second-order valence-electron chi connectivity index (χ2n) is 3.64. The van der Waals surface area contributed by atoms with Crippen LogP contribution in [-0.2, 0) is 9.47 Å². The maximum Gasteiger partial charge on any atom is 0.357 e. The Morgan fingerprint density at radius 1 is 1.05 bits per heavy atom. The fourth-order valence-corrected chi connectivity index (χ4v) is 1.67. The maximum atomic E-state index is 11.8. The molecule has 0 radical (unpaired) electrons. The number of aromatic nitrogens is 2. The van der Waals surface area contributed by atoms with E-state index >= 15 is 0 Å². The van der Waals surface area contributed by atoms with Gasteiger partial charge in [-0.1, -0.05) is 18.2 Å². The molecule has 0 aliphatic carbocycles. The lowest BCUT2D eigenvalue weighted by atomic mass is 10.2. The van der Waals surface area contributed by atoms with Crippen molar-refractivity contribution in [1.29, 1.82) is 0 Å². The first kappa shape index (κ1) is 12.8. The molecule has 0 aliphatic rings. The van der Waals surface area contributed by atoms with Crippen molar-refractivity contribution >= 4 is 11.9 Å². The molecule has 1 aromatic heterocycles. The lowest BCUT2D eigenvalue weighted by Gasteiger charge is -2.07. The lowest BCUT2D eigenvalue weighted by Crippen LogP contribution is -2.15. The number of esters is 2. The number of carbonyl (C=O) groups excluding carboxylic acids is 2. The van der Waals surface area contributed by atoms with Gasteiger partial charge in [-0.25, -0.2) is 14.3 Å². The van der Waals surface area contributed by atoms with Gasteiger partial charge >= 0.3 is 11.9 Å². The number of hydrogen-bond acceptors (Lipinski definition) is 5. The monoisotopic (exact) mass is 260 g/mol. The van der Waals surface area contributed by atoms with Crippen molar-refractivity contribution in [1.82, 2.24) is 9.78 Å². The van der Waals surface area contributed by atoms with Crippen LogP contribution in [0.1, 0.15) is 20.8 Å². The molecule has 0 N–H and O–H groups in total. The molecule has 98 valence electrons. The Morgan fingerprint density at radius 3 is 2.26 bits per heavy atom. The first-order valence-electron chi connectivity index (χ1n) is 5.49. The zero-order valence-electron chi connectivity index (χ0n) is 10.5. The highest BCUT2D eigenvalue weighted by molar-refractivity contribution is 6.02. The average molecular weight is 260 g/mol. The van der Waals surface area contributed by atoms with E-state index < -0.39 is 11.9 Å². The molecule has 0 bridgehead atoms. The Labute approximate surface area is 109 Å². The van der Waals surface area contributed by atoms with Gasteiger partial charge in [-0.3, -0.25) is 0 Å². The predicted octanol–water partition coefficient (Wildman–Crippen LogP) is 1.45. The maximum absolute atomic E-state index is 11.8. The quantitative estimate of drug-likeness (QED) is 0.781. The third-order valence-electron chi connectivity index (χ3n) is 2.55. The zero-order valence-corrected chi connectivity index (χ0v) is 10.5. The summed E-state index contributed by atoms with van der Waals surface area (Å²) in [6.07, 6.45) is 1.28. The Balaban J connectivity index is 2.60. The van der Waals surface area contributed by atoms with E-state index in [9.17, 15) is 9.59 Å². The van der Waals surface area contributed by atoms with Crippen LogP contribution in [0.4, 0.5) is 0 Å². The molecule has 0 fully saturated rings. The third kappa shape index (κ3) is 2.33. The molecule has 0 aliphatic heterocycles. The molecule has 0 saturated heterocycles. The molecule has 2 aromatic rings. The number of hydrogen-bond donors (Lipinski definition) is 0. The Morgan fingerprint density at radius 2 is 1.68 bits per heavy atom. The minimum absolute atomic E-state index is 0.0422. The number of nitrogens with zero attached hydrogens (tertiary/aromatic N) is 2. The second kappa shape index (κ2) is 5.34. The van der Waals surface area contributed by atoms with Crippen LogP contribution in [0.15, 0.2) is 36.5 Å². The molecule has 0 atom stereocenters. The minimum atomic E-state index is -0.651. The fourth-order valence-electron chi connectivity index (χ4n) is 1.67. The second-order valence-corrected chi connectivity index (χ2v) is 3.64. The summed E-state index contributed by atoms with van der Waals surface area (Å²) in [7, 11) is 2.48. The number of para-hydroxylation sites is 1. The van der Waals surface area contributed by atoms with E-state index in [1.54, 1.807) is 24.3 Å². The number of carbonyl (C=O) groups is 2. The van der Waals surface area contributed by atoms with Gasteiger partial charge in [0.1, 0.15) is 5.56 Å². The van der Waals surface area contributed by atoms with E-state index in [1.807, 2.05) is 6.07 Å². The van der Waals surface area contributed by atoms with Gasteiger partial charge in [0.15, 0.2) is 5.69 Å². The van der Waals surface area contributed by atoms with Crippen LogP contribution in [0.25, 0.3) is 5.69 Å². The summed E-state index contributed by atoms with van der Waals surface area (Å²) in [5.74, 6) is -1.29. The highest BCUT2D eigenvalue weighted by atomic mass is 16.5. The summed E-state index contributed by atoms with van der Waals surface area (Å²) in [5, 5.41) is 4.04. The summed E-state index contributed by atoms with van der Waals surface area (Å²) < 4.78 is 10.7. The zero-order chi connectivity index (χ0) is 13.8. The summed E-state index contributed by atoms with van der Waals surface area (Å²) in [5.41, 5.74) is 0.761. The number of ether oxygens (including phenoxy) is 2. The molecular weight excluding hydrogens is 248 g/mol. The summed E-state index contributed by atoms with van der Waals surface area (Å²) in [4.78, 5) is 23.4. The van der Waals surface area contributed by atoms with Gasteiger partial charge in [-0.05, 0) is 12.1 Å². The lowest BCUT2D eigenvalue weighted by molar-refractivity contribution is 0.0549. The minimum Gasteiger partial charge on any atom is -0.465 e. The fraction of sp³-hybridized carbons (Fsp3) is 0.154. The molecule has 1 heterocycles. The van der Waals surface area contributed by atoms with Crippen molar-refractivity contribution in [2.45, 2.75) is 0 Å². The summed E-state index contributed by atoms with van der Waals surface area (Å²) in [6, 6.07) is 8.97. The number of methoxy groups -OCH3 is 2. The van der Waals surface area contributed by atoms with E-state index in [4.69, 9.17) is 0 Å². The molecule has 2 rings (SSSR count). The van der Waals surface area contributed by atoms with Gasteiger partial charge in [0, 0.05) is 0 Å². The van der Waals surface area contributed by atoms with Crippen molar-refractivity contribution in [2.24, 2.45) is 0 Å². The molecule has 6 heteroatoms. The van der Waals surface area contributed by atoms with Gasteiger partial charge in [-0.2, -0.15) is 5.10 Å². The van der Waals surface area contributed by atoms with Gasteiger partial charge in [0.25, 0.3) is 0 Å². The van der Waals surface area contributed by atoms with E-state index in [-0.39, 0.29) is 11.3 Å². The van der Waals surface area contributed by atoms with E-state index in [1.165, 1.54) is 25.1 Å². The molecule has 1 aromatic carbocycles. The summed E-state index contributed by atoms with van der Waals surface area (Å²) >= 11 is 0.